The van der Waals surface area contributed by atoms with Crippen LogP contribution in [0.15, 0.2) is 18.3 Å². The zero-order valence-electron chi connectivity index (χ0n) is 12.0. The average molecular weight is 289 g/mol. The molecule has 1 aromatic heterocycles. The van der Waals surface area contributed by atoms with Crippen molar-refractivity contribution >= 4 is 11.8 Å². The van der Waals surface area contributed by atoms with Gasteiger partial charge in [0.15, 0.2) is 0 Å². The highest BCUT2D eigenvalue weighted by Gasteiger charge is 2.37. The molecule has 0 spiro atoms. The number of rotatable bonds is 2. The van der Waals surface area contributed by atoms with Gasteiger partial charge in [-0.3, -0.25) is 9.59 Å². The number of ether oxygens (including phenoxy) is 1. The highest BCUT2D eigenvalue weighted by Crippen LogP contribution is 2.26. The van der Waals surface area contributed by atoms with Gasteiger partial charge >= 0.3 is 0 Å². The molecule has 2 aliphatic rings. The maximum Gasteiger partial charge on any atom is 0.255 e. The van der Waals surface area contributed by atoms with Crippen molar-refractivity contribution in [2.45, 2.75) is 25.3 Å². The van der Waals surface area contributed by atoms with Gasteiger partial charge in [0.1, 0.15) is 0 Å². The first-order chi connectivity index (χ1) is 10.2. The molecule has 1 N–H and O–H groups in total. The molecular weight excluding hydrogens is 270 g/mol. The Labute approximate surface area is 123 Å². The Morgan fingerprint density at radius 3 is 3.00 bits per heavy atom. The molecule has 0 saturated carbocycles. The number of nitrogens with one attached hydrogen (secondary N) is 1. The molecule has 6 heteroatoms. The molecule has 0 radical (unpaired) electrons. The summed E-state index contributed by atoms with van der Waals surface area (Å²) in [6.07, 6.45) is 4.03. The van der Waals surface area contributed by atoms with Crippen molar-refractivity contribution in [3.8, 4) is 5.88 Å². The smallest absolute Gasteiger partial charge is 0.255 e. The molecule has 2 aliphatic heterocycles. The van der Waals surface area contributed by atoms with Gasteiger partial charge in [-0.1, -0.05) is 0 Å². The van der Waals surface area contributed by atoms with Crippen LogP contribution in [0.2, 0.25) is 0 Å². The molecule has 21 heavy (non-hydrogen) atoms. The molecule has 2 saturated heterocycles. The quantitative estimate of drug-likeness (QED) is 0.875. The van der Waals surface area contributed by atoms with E-state index in [-0.39, 0.29) is 17.9 Å². The normalized spacial score (nSPS) is 25.0. The van der Waals surface area contributed by atoms with E-state index >= 15 is 0 Å². The lowest BCUT2D eigenvalue weighted by molar-refractivity contribution is -0.121. The molecule has 2 atom stereocenters. The maximum atomic E-state index is 12.5. The summed E-state index contributed by atoms with van der Waals surface area (Å²) < 4.78 is 4.99. The number of carbonyl (C=O) groups excluding carboxylic acids is 2. The first kappa shape index (κ1) is 13.9. The van der Waals surface area contributed by atoms with Crippen LogP contribution in [0, 0.1) is 5.92 Å². The summed E-state index contributed by atoms with van der Waals surface area (Å²) in [6.45, 7) is 1.29. The van der Waals surface area contributed by atoms with E-state index in [1.165, 1.54) is 6.20 Å². The number of aromatic nitrogens is 1. The van der Waals surface area contributed by atoms with Crippen LogP contribution in [0.5, 0.6) is 5.88 Å². The van der Waals surface area contributed by atoms with Gasteiger partial charge in [0.25, 0.3) is 5.91 Å². The summed E-state index contributed by atoms with van der Waals surface area (Å²) in [6, 6.07) is 3.50. The van der Waals surface area contributed by atoms with Gasteiger partial charge in [0.2, 0.25) is 11.8 Å². The summed E-state index contributed by atoms with van der Waals surface area (Å²) in [5.41, 5.74) is 0.554. The number of hydrogen-bond acceptors (Lipinski definition) is 4. The van der Waals surface area contributed by atoms with Crippen LogP contribution in [-0.4, -0.2) is 47.9 Å². The Morgan fingerprint density at radius 2 is 2.29 bits per heavy atom. The Bertz CT molecular complexity index is 544. The molecule has 0 bridgehead atoms. The highest BCUT2D eigenvalue weighted by molar-refractivity contribution is 5.94. The second-order valence-corrected chi connectivity index (χ2v) is 5.63. The van der Waals surface area contributed by atoms with E-state index < -0.39 is 0 Å². The summed E-state index contributed by atoms with van der Waals surface area (Å²) >= 11 is 0. The van der Waals surface area contributed by atoms with Crippen LogP contribution >= 0.6 is 0 Å². The molecule has 1 aromatic rings. The van der Waals surface area contributed by atoms with Crippen molar-refractivity contribution in [2.75, 3.05) is 20.2 Å². The number of carbonyl (C=O) groups is 2. The van der Waals surface area contributed by atoms with Gasteiger partial charge in [-0.15, -0.1) is 0 Å². The third-order valence-electron chi connectivity index (χ3n) is 4.25. The second-order valence-electron chi connectivity index (χ2n) is 5.63. The minimum absolute atomic E-state index is 0.0347. The number of likely N-dealkylation sites (tertiary alicyclic amines) is 1. The molecular formula is C15H19N3O3. The minimum Gasteiger partial charge on any atom is -0.481 e. The molecule has 0 unspecified atom stereocenters. The fourth-order valence-electron chi connectivity index (χ4n) is 3.11. The van der Waals surface area contributed by atoms with Crippen molar-refractivity contribution in [1.82, 2.24) is 15.2 Å². The summed E-state index contributed by atoms with van der Waals surface area (Å²) in [5, 5.41) is 3.03. The molecule has 0 aromatic carbocycles. The summed E-state index contributed by atoms with van der Waals surface area (Å²) in [7, 11) is 1.54. The van der Waals surface area contributed by atoms with Crippen LogP contribution in [0.4, 0.5) is 0 Å². The Hall–Kier alpha value is -2.11. The topological polar surface area (TPSA) is 71.5 Å². The Kier molecular flexibility index (Phi) is 3.77. The van der Waals surface area contributed by atoms with Gasteiger partial charge < -0.3 is 15.0 Å². The molecule has 2 amide bonds. The van der Waals surface area contributed by atoms with Crippen molar-refractivity contribution in [2.24, 2.45) is 5.92 Å². The lowest BCUT2D eigenvalue weighted by Crippen LogP contribution is -2.39. The Morgan fingerprint density at radius 1 is 1.43 bits per heavy atom. The van der Waals surface area contributed by atoms with Gasteiger partial charge in [-0.05, 0) is 24.8 Å². The number of nitrogens with zero attached hydrogens (tertiary/aromatic N) is 2. The van der Waals surface area contributed by atoms with Gasteiger partial charge in [0, 0.05) is 31.8 Å². The molecule has 3 heterocycles. The van der Waals surface area contributed by atoms with E-state index in [1.54, 1.807) is 19.2 Å². The molecule has 112 valence electrons. The predicted molar refractivity (Wildman–Crippen MR) is 76.0 cm³/mol. The zero-order valence-corrected chi connectivity index (χ0v) is 12.0. The van der Waals surface area contributed by atoms with E-state index in [2.05, 4.69) is 10.3 Å². The number of methoxy groups -OCH3 is 1. The van der Waals surface area contributed by atoms with Crippen LogP contribution < -0.4 is 10.1 Å². The van der Waals surface area contributed by atoms with Crippen LogP contribution in [0.3, 0.4) is 0 Å². The predicted octanol–water partition coefficient (Wildman–Crippen LogP) is 0.831. The molecule has 6 nitrogen and oxygen atoms in total. The first-order valence-corrected chi connectivity index (χ1v) is 7.26. The number of hydrogen-bond donors (Lipinski definition) is 1. The van der Waals surface area contributed by atoms with E-state index in [0.29, 0.717) is 36.9 Å². The second kappa shape index (κ2) is 5.71. The third kappa shape index (κ3) is 2.84. The SMILES string of the molecule is COc1ccc(C(=O)N2C[C@H]3CCCC(=O)N[C@H]3C2)cn1. The van der Waals surface area contributed by atoms with Crippen molar-refractivity contribution < 1.29 is 14.3 Å². The highest BCUT2D eigenvalue weighted by atomic mass is 16.5. The summed E-state index contributed by atoms with van der Waals surface area (Å²) in [5.74, 6) is 0.924. The Balaban J connectivity index is 1.70. The first-order valence-electron chi connectivity index (χ1n) is 7.26. The average Bonchev–Trinajstić information content (AvgIpc) is 2.81. The third-order valence-corrected chi connectivity index (χ3v) is 4.25. The van der Waals surface area contributed by atoms with E-state index in [1.807, 2.05) is 4.90 Å². The lowest BCUT2D eigenvalue weighted by Gasteiger charge is -2.17. The van der Waals surface area contributed by atoms with E-state index in [0.717, 1.165) is 12.8 Å². The van der Waals surface area contributed by atoms with Crippen LogP contribution in [0.1, 0.15) is 29.6 Å². The number of pyridine rings is 1. The van der Waals surface area contributed by atoms with Crippen LogP contribution in [0.25, 0.3) is 0 Å². The fraction of sp³-hybridized carbons (Fsp3) is 0.533. The number of fused-ring (bicyclic) bond motifs is 1. The molecule has 0 aliphatic carbocycles. The lowest BCUT2D eigenvalue weighted by atomic mass is 9.99. The van der Waals surface area contributed by atoms with Crippen LogP contribution in [-0.2, 0) is 4.79 Å². The molecule has 2 fully saturated rings. The van der Waals surface area contributed by atoms with E-state index in [4.69, 9.17) is 4.74 Å². The van der Waals surface area contributed by atoms with Crippen molar-refractivity contribution in [3.05, 3.63) is 23.9 Å². The van der Waals surface area contributed by atoms with Gasteiger partial charge in [-0.2, -0.15) is 0 Å². The monoisotopic (exact) mass is 289 g/mol. The standard InChI is InChI=1S/C15H19N3O3/c1-21-14-6-5-10(7-16-14)15(20)18-8-11-3-2-4-13(19)17-12(11)9-18/h5-7,11-12H,2-4,8-9H2,1H3,(H,17,19)/t11-,12+/m1/s1. The molecule has 3 rings (SSSR count). The maximum absolute atomic E-state index is 12.5. The number of amides is 2. The van der Waals surface area contributed by atoms with Crippen molar-refractivity contribution in [1.29, 1.82) is 0 Å². The van der Waals surface area contributed by atoms with Crippen molar-refractivity contribution in [3.63, 3.8) is 0 Å². The summed E-state index contributed by atoms with van der Waals surface area (Å²) in [4.78, 5) is 30.0. The van der Waals surface area contributed by atoms with Gasteiger partial charge in [0.05, 0.1) is 18.7 Å². The largest absolute Gasteiger partial charge is 0.481 e. The van der Waals surface area contributed by atoms with E-state index in [9.17, 15) is 9.59 Å². The van der Waals surface area contributed by atoms with Gasteiger partial charge in [-0.25, -0.2) is 4.98 Å². The minimum atomic E-state index is -0.0347. The fourth-order valence-corrected chi connectivity index (χ4v) is 3.11. The zero-order chi connectivity index (χ0) is 14.8.